The summed E-state index contributed by atoms with van der Waals surface area (Å²) in [5, 5.41) is 11.6. The minimum Gasteiger partial charge on any atom is -0.480 e. The van der Waals surface area contributed by atoms with Crippen molar-refractivity contribution in [1.29, 1.82) is 0 Å². The number of alkyl carbamates (subject to hydrolysis) is 1. The van der Waals surface area contributed by atoms with Gasteiger partial charge in [0.25, 0.3) is 0 Å². The normalized spacial score (nSPS) is 13.3. The van der Waals surface area contributed by atoms with Crippen LogP contribution in [0.2, 0.25) is 0 Å². The molecule has 0 fully saturated rings. The van der Waals surface area contributed by atoms with Crippen molar-refractivity contribution in [1.82, 2.24) is 5.32 Å². The Labute approximate surface area is 106 Å². The fourth-order valence-corrected chi connectivity index (χ4v) is 1.72. The SMILES string of the molecule is CC(C)SCC(NC(=O)OC(C)(C)C)C(=O)O. The van der Waals surface area contributed by atoms with Gasteiger partial charge in [-0.3, -0.25) is 0 Å². The highest BCUT2D eigenvalue weighted by Gasteiger charge is 2.24. The second-order valence-corrected chi connectivity index (χ2v) is 6.53. The van der Waals surface area contributed by atoms with Crippen LogP contribution in [-0.4, -0.2) is 39.8 Å². The summed E-state index contributed by atoms with van der Waals surface area (Å²) >= 11 is 1.48. The minimum absolute atomic E-state index is 0.317. The second-order valence-electron chi connectivity index (χ2n) is 4.92. The molecule has 1 unspecified atom stereocenters. The number of hydrogen-bond acceptors (Lipinski definition) is 4. The number of nitrogens with one attached hydrogen (secondary N) is 1. The lowest BCUT2D eigenvalue weighted by molar-refractivity contribution is -0.138. The Balaban J connectivity index is 4.26. The molecule has 0 heterocycles. The van der Waals surface area contributed by atoms with E-state index in [0.29, 0.717) is 11.0 Å². The fourth-order valence-electron chi connectivity index (χ4n) is 0.913. The molecule has 0 rings (SSSR count). The Bertz CT molecular complexity index is 273. The van der Waals surface area contributed by atoms with Crippen LogP contribution in [0.1, 0.15) is 34.6 Å². The highest BCUT2D eigenvalue weighted by molar-refractivity contribution is 7.99. The van der Waals surface area contributed by atoms with Crippen LogP contribution >= 0.6 is 11.8 Å². The lowest BCUT2D eigenvalue weighted by Crippen LogP contribution is -2.45. The molecule has 0 spiro atoms. The van der Waals surface area contributed by atoms with Crippen molar-refractivity contribution in [2.24, 2.45) is 0 Å². The average molecular weight is 263 g/mol. The van der Waals surface area contributed by atoms with E-state index in [-0.39, 0.29) is 0 Å². The van der Waals surface area contributed by atoms with Gasteiger partial charge in [-0.1, -0.05) is 13.8 Å². The fraction of sp³-hybridized carbons (Fsp3) is 0.818. The van der Waals surface area contributed by atoms with Gasteiger partial charge in [0.2, 0.25) is 0 Å². The Morgan fingerprint density at radius 1 is 1.35 bits per heavy atom. The van der Waals surface area contributed by atoms with Crippen LogP contribution in [0.3, 0.4) is 0 Å². The van der Waals surface area contributed by atoms with Gasteiger partial charge in [-0.2, -0.15) is 11.8 Å². The molecule has 2 N–H and O–H groups in total. The lowest BCUT2D eigenvalue weighted by atomic mass is 10.2. The molecule has 100 valence electrons. The van der Waals surface area contributed by atoms with E-state index in [2.05, 4.69) is 5.32 Å². The smallest absolute Gasteiger partial charge is 0.408 e. The van der Waals surface area contributed by atoms with Crippen molar-refractivity contribution < 1.29 is 19.4 Å². The monoisotopic (exact) mass is 263 g/mol. The summed E-state index contributed by atoms with van der Waals surface area (Å²) in [6.45, 7) is 9.12. The molecule has 0 saturated heterocycles. The van der Waals surface area contributed by atoms with Gasteiger partial charge in [-0.15, -0.1) is 0 Å². The Morgan fingerprint density at radius 2 is 1.88 bits per heavy atom. The number of ether oxygens (including phenoxy) is 1. The lowest BCUT2D eigenvalue weighted by Gasteiger charge is -2.22. The van der Waals surface area contributed by atoms with Gasteiger partial charge >= 0.3 is 12.1 Å². The van der Waals surface area contributed by atoms with Crippen molar-refractivity contribution in [2.75, 3.05) is 5.75 Å². The first-order chi connectivity index (χ1) is 7.61. The van der Waals surface area contributed by atoms with E-state index in [4.69, 9.17) is 9.84 Å². The zero-order valence-corrected chi connectivity index (χ0v) is 11.8. The van der Waals surface area contributed by atoms with Crippen LogP contribution in [0.25, 0.3) is 0 Å². The zero-order valence-electron chi connectivity index (χ0n) is 10.9. The molecule has 0 aromatic rings. The highest BCUT2D eigenvalue weighted by Crippen LogP contribution is 2.12. The van der Waals surface area contributed by atoms with Crippen LogP contribution in [0, 0.1) is 0 Å². The molecular formula is C11H21NO4S. The van der Waals surface area contributed by atoms with Crippen LogP contribution in [-0.2, 0) is 9.53 Å². The van der Waals surface area contributed by atoms with E-state index in [1.165, 1.54) is 11.8 Å². The first-order valence-corrected chi connectivity index (χ1v) is 6.50. The van der Waals surface area contributed by atoms with Gasteiger partial charge in [-0.05, 0) is 26.0 Å². The number of aliphatic carboxylic acids is 1. The summed E-state index contributed by atoms with van der Waals surface area (Å²) in [5.41, 5.74) is -0.627. The third-order valence-corrected chi connectivity index (χ3v) is 2.78. The van der Waals surface area contributed by atoms with Crippen molar-refractivity contribution in [3.8, 4) is 0 Å². The van der Waals surface area contributed by atoms with Crippen molar-refractivity contribution in [3.63, 3.8) is 0 Å². The predicted octanol–water partition coefficient (Wildman–Crippen LogP) is 2.11. The van der Waals surface area contributed by atoms with E-state index < -0.39 is 23.7 Å². The number of hydrogen-bond donors (Lipinski definition) is 2. The van der Waals surface area contributed by atoms with Gasteiger partial charge < -0.3 is 15.2 Å². The second kappa shape index (κ2) is 6.74. The van der Waals surface area contributed by atoms with Crippen molar-refractivity contribution >= 4 is 23.8 Å². The van der Waals surface area contributed by atoms with Crippen LogP contribution in [0.15, 0.2) is 0 Å². The van der Waals surface area contributed by atoms with Gasteiger partial charge in [-0.25, -0.2) is 9.59 Å². The Hall–Kier alpha value is -0.910. The third-order valence-electron chi connectivity index (χ3n) is 1.59. The largest absolute Gasteiger partial charge is 0.480 e. The number of carbonyl (C=O) groups excluding carboxylic acids is 1. The predicted molar refractivity (Wildman–Crippen MR) is 68.4 cm³/mol. The van der Waals surface area contributed by atoms with Crippen molar-refractivity contribution in [2.45, 2.75) is 51.5 Å². The van der Waals surface area contributed by atoms with Crippen LogP contribution in [0.5, 0.6) is 0 Å². The molecule has 0 saturated carbocycles. The van der Waals surface area contributed by atoms with E-state index >= 15 is 0 Å². The summed E-state index contributed by atoms with van der Waals surface area (Å²) < 4.78 is 5.00. The number of carboxylic acid groups (broad SMARTS) is 1. The molecule has 0 aromatic heterocycles. The van der Waals surface area contributed by atoms with E-state index in [1.54, 1.807) is 20.8 Å². The maximum atomic E-state index is 11.4. The third kappa shape index (κ3) is 8.85. The van der Waals surface area contributed by atoms with Gasteiger partial charge in [0.15, 0.2) is 0 Å². The number of rotatable bonds is 5. The molecule has 0 aromatic carbocycles. The molecule has 0 aliphatic carbocycles. The first kappa shape index (κ1) is 16.1. The Morgan fingerprint density at radius 3 is 2.24 bits per heavy atom. The molecule has 1 amide bonds. The van der Waals surface area contributed by atoms with Crippen LogP contribution < -0.4 is 5.32 Å². The maximum absolute atomic E-state index is 11.4. The van der Waals surface area contributed by atoms with Gasteiger partial charge in [0, 0.05) is 5.75 Å². The molecule has 0 radical (unpaired) electrons. The topological polar surface area (TPSA) is 75.6 Å². The number of carbonyl (C=O) groups is 2. The zero-order chi connectivity index (χ0) is 13.6. The summed E-state index contributed by atoms with van der Waals surface area (Å²) in [4.78, 5) is 22.3. The summed E-state index contributed by atoms with van der Waals surface area (Å²) in [7, 11) is 0. The molecule has 0 aliphatic heterocycles. The van der Waals surface area contributed by atoms with Gasteiger partial charge in [0.1, 0.15) is 11.6 Å². The van der Waals surface area contributed by atoms with E-state index in [0.717, 1.165) is 0 Å². The molecule has 0 aliphatic rings. The molecule has 0 bridgehead atoms. The van der Waals surface area contributed by atoms with E-state index in [1.807, 2.05) is 13.8 Å². The minimum atomic E-state index is -1.05. The number of amides is 1. The number of thioether (sulfide) groups is 1. The van der Waals surface area contributed by atoms with Crippen LogP contribution in [0.4, 0.5) is 4.79 Å². The molecule has 1 atom stereocenters. The molecule has 6 heteroatoms. The maximum Gasteiger partial charge on any atom is 0.408 e. The Kier molecular flexibility index (Phi) is 6.37. The van der Waals surface area contributed by atoms with E-state index in [9.17, 15) is 9.59 Å². The summed E-state index contributed by atoms with van der Waals surface area (Å²) in [6.07, 6.45) is -0.700. The highest BCUT2D eigenvalue weighted by atomic mass is 32.2. The number of carboxylic acids is 1. The average Bonchev–Trinajstić information content (AvgIpc) is 2.08. The summed E-state index contributed by atoms with van der Waals surface area (Å²) in [6, 6.07) is -0.919. The van der Waals surface area contributed by atoms with Gasteiger partial charge in [0.05, 0.1) is 0 Å². The standard InChI is InChI=1S/C11H21NO4S/c1-7(2)17-6-8(9(13)14)12-10(15)16-11(3,4)5/h7-8H,6H2,1-5H3,(H,12,15)(H,13,14). The summed E-state index contributed by atoms with van der Waals surface area (Å²) in [5.74, 6) is -0.726. The quantitative estimate of drug-likeness (QED) is 0.794. The van der Waals surface area contributed by atoms with Crippen molar-refractivity contribution in [3.05, 3.63) is 0 Å². The molecule has 5 nitrogen and oxygen atoms in total. The molecular weight excluding hydrogens is 242 g/mol. The molecule has 17 heavy (non-hydrogen) atoms. The first-order valence-electron chi connectivity index (χ1n) is 5.45.